The van der Waals surface area contributed by atoms with Crippen LogP contribution in [0.25, 0.3) is 0 Å². The lowest BCUT2D eigenvalue weighted by molar-refractivity contribution is -0.0662. The Balaban J connectivity index is 1.41. The number of allylic oxidation sites excluding steroid dienone is 1. The molecule has 0 radical (unpaired) electrons. The van der Waals surface area contributed by atoms with Gasteiger partial charge in [0.2, 0.25) is 0 Å². The van der Waals surface area contributed by atoms with E-state index in [2.05, 4.69) is 38.7 Å². The summed E-state index contributed by atoms with van der Waals surface area (Å²) >= 11 is 0. The monoisotopic (exact) mass is 323 g/mol. The zero-order valence-electron chi connectivity index (χ0n) is 15.1. The summed E-state index contributed by atoms with van der Waals surface area (Å²) in [6.07, 6.45) is 4.48. The SMILES string of the molecule is CC1COCC(C)N1CC(O)COCC1=CCC2CC1C2(C)C. The van der Waals surface area contributed by atoms with E-state index in [1.807, 2.05) is 0 Å². The minimum atomic E-state index is -0.427. The predicted octanol–water partition coefficient (Wildman–Crippen LogP) is 2.47. The average molecular weight is 323 g/mol. The van der Waals surface area contributed by atoms with Crippen LogP contribution >= 0.6 is 0 Å². The van der Waals surface area contributed by atoms with Gasteiger partial charge in [0.25, 0.3) is 0 Å². The number of ether oxygens (including phenoxy) is 2. The van der Waals surface area contributed by atoms with Crippen LogP contribution in [0.15, 0.2) is 11.6 Å². The molecule has 132 valence electrons. The van der Waals surface area contributed by atoms with E-state index in [9.17, 15) is 5.11 Å². The molecule has 5 unspecified atom stereocenters. The summed E-state index contributed by atoms with van der Waals surface area (Å²) < 4.78 is 11.4. The van der Waals surface area contributed by atoms with Crippen molar-refractivity contribution in [2.75, 3.05) is 33.0 Å². The van der Waals surface area contributed by atoms with Crippen molar-refractivity contribution in [3.8, 4) is 0 Å². The molecule has 4 heteroatoms. The Kier molecular flexibility index (Phi) is 5.17. The van der Waals surface area contributed by atoms with E-state index in [1.54, 1.807) is 0 Å². The largest absolute Gasteiger partial charge is 0.389 e. The summed E-state index contributed by atoms with van der Waals surface area (Å²) in [5.74, 6) is 1.56. The topological polar surface area (TPSA) is 41.9 Å². The van der Waals surface area contributed by atoms with Gasteiger partial charge in [-0.25, -0.2) is 0 Å². The first-order valence-electron chi connectivity index (χ1n) is 9.17. The Labute approximate surface area is 140 Å². The highest BCUT2D eigenvalue weighted by Gasteiger charge is 2.50. The van der Waals surface area contributed by atoms with Crippen molar-refractivity contribution in [3.05, 3.63) is 11.6 Å². The van der Waals surface area contributed by atoms with Crippen LogP contribution in [-0.4, -0.2) is 61.2 Å². The molecule has 4 aliphatic rings. The highest BCUT2D eigenvalue weighted by molar-refractivity contribution is 5.23. The van der Waals surface area contributed by atoms with Crippen LogP contribution in [0.5, 0.6) is 0 Å². The van der Waals surface area contributed by atoms with Crippen LogP contribution in [0.3, 0.4) is 0 Å². The van der Waals surface area contributed by atoms with Crippen molar-refractivity contribution in [1.29, 1.82) is 0 Å². The van der Waals surface area contributed by atoms with E-state index in [4.69, 9.17) is 9.47 Å². The Bertz CT molecular complexity index is 438. The molecule has 1 N–H and O–H groups in total. The highest BCUT2D eigenvalue weighted by atomic mass is 16.5. The Morgan fingerprint density at radius 3 is 2.65 bits per heavy atom. The molecule has 0 aromatic rings. The molecule has 1 saturated heterocycles. The Hall–Kier alpha value is -0.420. The van der Waals surface area contributed by atoms with Gasteiger partial charge < -0.3 is 14.6 Å². The average Bonchev–Trinajstić information content (AvgIpc) is 2.51. The van der Waals surface area contributed by atoms with Crippen molar-refractivity contribution < 1.29 is 14.6 Å². The third kappa shape index (κ3) is 3.51. The van der Waals surface area contributed by atoms with Gasteiger partial charge >= 0.3 is 0 Å². The zero-order chi connectivity index (χ0) is 16.6. The molecule has 4 rings (SSSR count). The van der Waals surface area contributed by atoms with Gasteiger partial charge in [-0.15, -0.1) is 0 Å². The molecule has 1 heterocycles. The standard InChI is InChI=1S/C19H33NO3/c1-13-9-22-10-14(2)20(13)8-17(21)12-23-11-15-5-6-16-7-18(15)19(16,3)4/h5,13-14,16-18,21H,6-12H2,1-4H3. The quantitative estimate of drug-likeness (QED) is 0.763. The number of β-amino-alcohol motifs (C(OH)–C–C–N with tert-alkyl or cyclic N) is 1. The Morgan fingerprint density at radius 1 is 1.35 bits per heavy atom. The molecule has 2 fully saturated rings. The van der Waals surface area contributed by atoms with Crippen LogP contribution in [0, 0.1) is 17.3 Å². The third-order valence-electron chi connectivity index (χ3n) is 6.43. The van der Waals surface area contributed by atoms with E-state index in [-0.39, 0.29) is 0 Å². The molecule has 0 aromatic carbocycles. The van der Waals surface area contributed by atoms with Crippen molar-refractivity contribution in [1.82, 2.24) is 4.90 Å². The molecular formula is C19H33NO3. The molecule has 3 aliphatic carbocycles. The molecule has 1 saturated carbocycles. The molecule has 23 heavy (non-hydrogen) atoms. The molecule has 0 spiro atoms. The van der Waals surface area contributed by atoms with Gasteiger partial charge in [0, 0.05) is 18.6 Å². The summed E-state index contributed by atoms with van der Waals surface area (Å²) in [6.45, 7) is 12.4. The number of aliphatic hydroxyl groups excluding tert-OH is 1. The van der Waals surface area contributed by atoms with E-state index < -0.39 is 6.10 Å². The van der Waals surface area contributed by atoms with Crippen LogP contribution < -0.4 is 0 Å². The van der Waals surface area contributed by atoms with Gasteiger partial charge in [-0.1, -0.05) is 19.9 Å². The number of fused-ring (bicyclic) bond motifs is 1. The van der Waals surface area contributed by atoms with Gasteiger partial charge in [-0.3, -0.25) is 4.90 Å². The smallest absolute Gasteiger partial charge is 0.0900 e. The molecule has 0 amide bonds. The first-order chi connectivity index (χ1) is 10.9. The molecule has 2 bridgehead atoms. The van der Waals surface area contributed by atoms with Gasteiger partial charge in [0.15, 0.2) is 0 Å². The lowest BCUT2D eigenvalue weighted by atomic mass is 9.49. The van der Waals surface area contributed by atoms with Gasteiger partial charge in [0.1, 0.15) is 0 Å². The fourth-order valence-electron chi connectivity index (χ4n) is 4.64. The van der Waals surface area contributed by atoms with Crippen LogP contribution in [0.1, 0.15) is 40.5 Å². The van der Waals surface area contributed by atoms with Crippen molar-refractivity contribution in [2.45, 2.75) is 58.7 Å². The second-order valence-corrected chi connectivity index (χ2v) is 8.42. The summed E-state index contributed by atoms with van der Waals surface area (Å²) in [7, 11) is 0. The fraction of sp³-hybridized carbons (Fsp3) is 0.895. The minimum absolute atomic E-state index is 0.363. The number of nitrogens with zero attached hydrogens (tertiary/aromatic N) is 1. The lowest BCUT2D eigenvalue weighted by Crippen LogP contribution is -2.52. The third-order valence-corrected chi connectivity index (χ3v) is 6.43. The number of morpholine rings is 1. The summed E-state index contributed by atoms with van der Waals surface area (Å²) in [6, 6.07) is 0.726. The van der Waals surface area contributed by atoms with Gasteiger partial charge in [-0.05, 0) is 49.5 Å². The molecule has 4 nitrogen and oxygen atoms in total. The first-order valence-corrected chi connectivity index (χ1v) is 9.17. The minimum Gasteiger partial charge on any atom is -0.389 e. The highest BCUT2D eigenvalue weighted by Crippen LogP contribution is 2.59. The Morgan fingerprint density at radius 2 is 2.04 bits per heavy atom. The number of rotatable bonds is 6. The molecule has 5 atom stereocenters. The van der Waals surface area contributed by atoms with Crippen molar-refractivity contribution in [2.24, 2.45) is 17.3 Å². The van der Waals surface area contributed by atoms with Crippen LogP contribution in [0.2, 0.25) is 0 Å². The van der Waals surface area contributed by atoms with E-state index >= 15 is 0 Å². The predicted molar refractivity (Wildman–Crippen MR) is 91.4 cm³/mol. The summed E-state index contributed by atoms with van der Waals surface area (Å²) in [4.78, 5) is 2.33. The van der Waals surface area contributed by atoms with E-state index in [0.717, 1.165) is 19.1 Å². The fourth-order valence-corrected chi connectivity index (χ4v) is 4.64. The maximum absolute atomic E-state index is 10.3. The number of aliphatic hydroxyl groups is 1. The number of hydrogen-bond donors (Lipinski definition) is 1. The van der Waals surface area contributed by atoms with Crippen molar-refractivity contribution >= 4 is 0 Å². The lowest BCUT2D eigenvalue weighted by Gasteiger charge is -2.56. The normalized spacial score (nSPS) is 37.9. The van der Waals surface area contributed by atoms with Crippen molar-refractivity contribution in [3.63, 3.8) is 0 Å². The molecule has 1 aliphatic heterocycles. The maximum atomic E-state index is 10.3. The maximum Gasteiger partial charge on any atom is 0.0900 e. The van der Waals surface area contributed by atoms with E-state index in [0.29, 0.717) is 43.2 Å². The number of hydrogen-bond acceptors (Lipinski definition) is 4. The summed E-state index contributed by atoms with van der Waals surface area (Å²) in [5.41, 5.74) is 1.91. The molecular weight excluding hydrogens is 290 g/mol. The van der Waals surface area contributed by atoms with Gasteiger partial charge in [-0.2, -0.15) is 0 Å². The first kappa shape index (κ1) is 17.4. The van der Waals surface area contributed by atoms with Crippen LogP contribution in [0.4, 0.5) is 0 Å². The second kappa shape index (κ2) is 6.83. The van der Waals surface area contributed by atoms with Crippen LogP contribution in [-0.2, 0) is 9.47 Å². The molecule has 0 aromatic heterocycles. The second-order valence-electron chi connectivity index (χ2n) is 8.42. The van der Waals surface area contributed by atoms with Gasteiger partial charge in [0.05, 0.1) is 32.5 Å². The zero-order valence-corrected chi connectivity index (χ0v) is 15.1. The van der Waals surface area contributed by atoms with E-state index in [1.165, 1.54) is 18.4 Å². The summed E-state index contributed by atoms with van der Waals surface area (Å²) in [5, 5.41) is 10.3.